The summed E-state index contributed by atoms with van der Waals surface area (Å²) in [4.78, 5) is 37.6. The fourth-order valence-corrected chi connectivity index (χ4v) is 2.05. The number of hydrogen-bond donors (Lipinski definition) is 4. The zero-order valence-corrected chi connectivity index (χ0v) is 12.3. The molecule has 1 heterocycles. The summed E-state index contributed by atoms with van der Waals surface area (Å²) in [5.41, 5.74) is 1.18. The number of H-pyrrole nitrogens is 1. The van der Waals surface area contributed by atoms with Crippen molar-refractivity contribution < 1.29 is 19.5 Å². The number of aromatic nitrogens is 1. The van der Waals surface area contributed by atoms with Crippen LogP contribution in [-0.2, 0) is 16.0 Å². The first-order valence-corrected chi connectivity index (χ1v) is 7.04. The van der Waals surface area contributed by atoms with Crippen LogP contribution in [0.5, 0.6) is 0 Å². The van der Waals surface area contributed by atoms with Gasteiger partial charge in [-0.05, 0) is 17.7 Å². The summed E-state index contributed by atoms with van der Waals surface area (Å²) in [7, 11) is 0. The maximum Gasteiger partial charge on any atom is 0.322 e. The van der Waals surface area contributed by atoms with Crippen molar-refractivity contribution in [3.63, 3.8) is 0 Å². The minimum Gasteiger partial charge on any atom is -0.480 e. The summed E-state index contributed by atoms with van der Waals surface area (Å²) in [5.74, 6) is -2.12. The third-order valence-electron chi connectivity index (χ3n) is 3.16. The molecule has 23 heavy (non-hydrogen) atoms. The second-order valence-corrected chi connectivity index (χ2v) is 4.91. The lowest BCUT2D eigenvalue weighted by molar-refractivity contribution is -0.138. The fourth-order valence-electron chi connectivity index (χ4n) is 2.05. The van der Waals surface area contributed by atoms with Gasteiger partial charge in [0.15, 0.2) is 0 Å². The summed E-state index contributed by atoms with van der Waals surface area (Å²) >= 11 is 0. The van der Waals surface area contributed by atoms with Crippen LogP contribution in [0, 0.1) is 0 Å². The van der Waals surface area contributed by atoms with Crippen molar-refractivity contribution in [3.8, 4) is 0 Å². The molecule has 1 aromatic carbocycles. The number of carbonyl (C=O) groups is 3. The fraction of sp³-hybridized carbons (Fsp3) is 0.188. The Hall–Kier alpha value is -3.09. The highest BCUT2D eigenvalue weighted by atomic mass is 16.4. The number of hydrogen-bond acceptors (Lipinski definition) is 3. The van der Waals surface area contributed by atoms with Gasteiger partial charge in [0.05, 0.1) is 0 Å². The van der Waals surface area contributed by atoms with Crippen LogP contribution in [0.1, 0.15) is 16.1 Å². The molecule has 4 N–H and O–H groups in total. The number of rotatable bonds is 7. The van der Waals surface area contributed by atoms with Gasteiger partial charge in [-0.2, -0.15) is 0 Å². The minimum absolute atomic E-state index is 0.263. The molecule has 0 spiro atoms. The Morgan fingerprint density at radius 1 is 1.09 bits per heavy atom. The maximum absolute atomic E-state index is 12.2. The standard InChI is InChI=1S/C16H17N3O4/c20-14(21)10-18-15(22)13(9-11-5-2-1-3-6-11)19-16(23)12-7-4-8-17-12/h1-8,13,17H,9-10H2,(H,18,22)(H,19,23)(H,20,21)/t13-/m0/s1. The first-order valence-electron chi connectivity index (χ1n) is 7.04. The van der Waals surface area contributed by atoms with Crippen molar-refractivity contribution >= 4 is 17.8 Å². The van der Waals surface area contributed by atoms with Gasteiger partial charge in [0.2, 0.25) is 5.91 Å². The van der Waals surface area contributed by atoms with Gasteiger partial charge in [0, 0.05) is 12.6 Å². The Morgan fingerprint density at radius 3 is 2.43 bits per heavy atom. The molecule has 0 unspecified atom stereocenters. The molecule has 0 radical (unpaired) electrons. The van der Waals surface area contributed by atoms with Crippen LogP contribution in [0.4, 0.5) is 0 Å². The van der Waals surface area contributed by atoms with Gasteiger partial charge < -0.3 is 20.7 Å². The van der Waals surface area contributed by atoms with Crippen molar-refractivity contribution in [3.05, 3.63) is 59.9 Å². The highest BCUT2D eigenvalue weighted by Crippen LogP contribution is 2.05. The van der Waals surface area contributed by atoms with Crippen LogP contribution in [0.25, 0.3) is 0 Å². The van der Waals surface area contributed by atoms with E-state index >= 15 is 0 Å². The average molecular weight is 315 g/mol. The highest BCUT2D eigenvalue weighted by molar-refractivity contribution is 5.96. The van der Waals surface area contributed by atoms with E-state index in [1.165, 1.54) is 0 Å². The molecule has 0 aliphatic rings. The molecule has 7 heteroatoms. The van der Waals surface area contributed by atoms with Crippen molar-refractivity contribution in [2.75, 3.05) is 6.54 Å². The molecule has 0 aliphatic carbocycles. The van der Waals surface area contributed by atoms with Gasteiger partial charge in [0.1, 0.15) is 18.3 Å². The summed E-state index contributed by atoms with van der Waals surface area (Å²) in [6, 6.07) is 11.6. The second-order valence-electron chi connectivity index (χ2n) is 4.91. The van der Waals surface area contributed by atoms with E-state index in [0.717, 1.165) is 5.56 Å². The number of nitrogens with one attached hydrogen (secondary N) is 3. The molecule has 0 bridgehead atoms. The molecule has 2 amide bonds. The third kappa shape index (κ3) is 4.99. The van der Waals surface area contributed by atoms with Crippen LogP contribution in [0.15, 0.2) is 48.7 Å². The Labute approximate surface area is 132 Å². The Morgan fingerprint density at radius 2 is 1.83 bits per heavy atom. The Balaban J connectivity index is 2.08. The molecule has 0 aliphatic heterocycles. The van der Waals surface area contributed by atoms with Crippen LogP contribution in [-0.4, -0.2) is 40.5 Å². The third-order valence-corrected chi connectivity index (χ3v) is 3.16. The molecular weight excluding hydrogens is 298 g/mol. The molecule has 1 atom stereocenters. The number of carboxylic acids is 1. The zero-order valence-electron chi connectivity index (χ0n) is 12.3. The van der Waals surface area contributed by atoms with Crippen LogP contribution >= 0.6 is 0 Å². The maximum atomic E-state index is 12.2. The van der Waals surface area contributed by atoms with Gasteiger partial charge in [-0.25, -0.2) is 0 Å². The van der Waals surface area contributed by atoms with E-state index in [1.807, 2.05) is 30.3 Å². The summed E-state index contributed by atoms with van der Waals surface area (Å²) in [6.07, 6.45) is 1.87. The lowest BCUT2D eigenvalue weighted by Crippen LogP contribution is -2.49. The molecule has 7 nitrogen and oxygen atoms in total. The van der Waals surface area contributed by atoms with E-state index < -0.39 is 30.4 Å². The quantitative estimate of drug-likeness (QED) is 0.598. The number of carboxylic acid groups (broad SMARTS) is 1. The van der Waals surface area contributed by atoms with E-state index in [2.05, 4.69) is 15.6 Å². The minimum atomic E-state index is -1.15. The molecular formula is C16H17N3O4. The van der Waals surface area contributed by atoms with Crippen LogP contribution < -0.4 is 10.6 Å². The van der Waals surface area contributed by atoms with Gasteiger partial charge in [-0.1, -0.05) is 30.3 Å². The van der Waals surface area contributed by atoms with E-state index in [0.29, 0.717) is 5.69 Å². The lowest BCUT2D eigenvalue weighted by Gasteiger charge is -2.18. The van der Waals surface area contributed by atoms with E-state index in [4.69, 9.17) is 5.11 Å². The first kappa shape index (κ1) is 16.3. The molecule has 1 aromatic heterocycles. The van der Waals surface area contributed by atoms with E-state index in [9.17, 15) is 14.4 Å². The van der Waals surface area contributed by atoms with Crippen molar-refractivity contribution in [1.82, 2.24) is 15.6 Å². The van der Waals surface area contributed by atoms with Crippen LogP contribution in [0.2, 0.25) is 0 Å². The van der Waals surface area contributed by atoms with Gasteiger partial charge >= 0.3 is 5.97 Å². The van der Waals surface area contributed by atoms with E-state index in [-0.39, 0.29) is 6.42 Å². The zero-order chi connectivity index (χ0) is 16.7. The van der Waals surface area contributed by atoms with Crippen molar-refractivity contribution in [2.24, 2.45) is 0 Å². The number of benzene rings is 1. The Kier molecular flexibility index (Phi) is 5.51. The largest absolute Gasteiger partial charge is 0.480 e. The highest BCUT2D eigenvalue weighted by Gasteiger charge is 2.22. The molecule has 0 saturated carbocycles. The number of aromatic amines is 1. The topological polar surface area (TPSA) is 111 Å². The normalized spacial score (nSPS) is 11.5. The summed E-state index contributed by atoms with van der Waals surface area (Å²) in [6.45, 7) is -0.498. The number of carbonyl (C=O) groups excluding carboxylic acids is 2. The molecule has 0 fully saturated rings. The molecule has 120 valence electrons. The monoisotopic (exact) mass is 315 g/mol. The first-order chi connectivity index (χ1) is 11.1. The lowest BCUT2D eigenvalue weighted by atomic mass is 10.1. The molecule has 2 aromatic rings. The van der Waals surface area contributed by atoms with Crippen molar-refractivity contribution in [1.29, 1.82) is 0 Å². The van der Waals surface area contributed by atoms with Gasteiger partial charge in [-0.15, -0.1) is 0 Å². The van der Waals surface area contributed by atoms with E-state index in [1.54, 1.807) is 18.3 Å². The number of aliphatic carboxylic acids is 1. The predicted octanol–water partition coefficient (Wildman–Crippen LogP) is 0.557. The summed E-state index contributed by atoms with van der Waals surface area (Å²) in [5, 5.41) is 13.6. The van der Waals surface area contributed by atoms with Gasteiger partial charge in [0.25, 0.3) is 5.91 Å². The predicted molar refractivity (Wildman–Crippen MR) is 82.8 cm³/mol. The summed E-state index contributed by atoms with van der Waals surface area (Å²) < 4.78 is 0. The second kappa shape index (κ2) is 7.79. The molecule has 2 rings (SSSR count). The average Bonchev–Trinajstić information content (AvgIpc) is 3.07. The molecule has 0 saturated heterocycles. The SMILES string of the molecule is O=C(O)CNC(=O)[C@H](Cc1ccccc1)NC(=O)c1ccc[nH]1. The Bertz CT molecular complexity index is 668. The van der Waals surface area contributed by atoms with Crippen molar-refractivity contribution in [2.45, 2.75) is 12.5 Å². The van der Waals surface area contributed by atoms with Gasteiger partial charge in [-0.3, -0.25) is 14.4 Å². The van der Waals surface area contributed by atoms with Crippen LogP contribution in [0.3, 0.4) is 0 Å². The number of amides is 2. The smallest absolute Gasteiger partial charge is 0.322 e.